The van der Waals surface area contributed by atoms with Gasteiger partial charge < -0.3 is 16.4 Å². The van der Waals surface area contributed by atoms with Crippen molar-refractivity contribution in [3.63, 3.8) is 0 Å². The summed E-state index contributed by atoms with van der Waals surface area (Å²) in [6.07, 6.45) is 0. The molecular weight excluding hydrogens is 266 g/mol. The van der Waals surface area contributed by atoms with E-state index in [1.807, 2.05) is 0 Å². The Hall–Kier alpha value is -1.75. The summed E-state index contributed by atoms with van der Waals surface area (Å²) in [5.74, 6) is -0.395. The van der Waals surface area contributed by atoms with Crippen LogP contribution in [0.5, 0.6) is 0 Å². The maximum Gasteiger partial charge on any atom is 0.253 e. The number of anilines is 1. The molecule has 0 saturated heterocycles. The third-order valence-electron chi connectivity index (χ3n) is 2.74. The predicted octanol–water partition coefficient (Wildman–Crippen LogP) is 1.19. The van der Waals surface area contributed by atoms with Crippen molar-refractivity contribution in [2.24, 2.45) is 5.41 Å². The van der Waals surface area contributed by atoms with Crippen LogP contribution in [0.25, 0.3) is 0 Å². The minimum absolute atomic E-state index is 0. The van der Waals surface area contributed by atoms with Gasteiger partial charge in [0, 0.05) is 19.3 Å². The molecule has 0 bridgehead atoms. The van der Waals surface area contributed by atoms with Gasteiger partial charge in [-0.2, -0.15) is 0 Å². The number of nitrogen functional groups attached to an aromatic ring is 1. The molecule has 4 N–H and O–H groups in total. The summed E-state index contributed by atoms with van der Waals surface area (Å²) in [4.78, 5) is 23.5. The van der Waals surface area contributed by atoms with Crippen molar-refractivity contribution < 1.29 is 9.59 Å². The lowest BCUT2D eigenvalue weighted by atomic mass is 9.92. The van der Waals surface area contributed by atoms with Gasteiger partial charge in [0.2, 0.25) is 5.91 Å². The molecule has 6 heteroatoms. The lowest BCUT2D eigenvalue weighted by molar-refractivity contribution is -0.128. The van der Waals surface area contributed by atoms with E-state index in [0.29, 0.717) is 11.3 Å². The Kier molecular flexibility index (Phi) is 6.35. The number of para-hydroxylation sites is 1. The van der Waals surface area contributed by atoms with E-state index in [4.69, 9.17) is 5.73 Å². The first-order valence-electron chi connectivity index (χ1n) is 5.73. The van der Waals surface area contributed by atoms with Crippen molar-refractivity contribution in [1.82, 2.24) is 10.6 Å². The van der Waals surface area contributed by atoms with Gasteiger partial charge in [-0.3, -0.25) is 9.59 Å². The lowest BCUT2D eigenvalue weighted by Crippen LogP contribution is -2.43. The highest BCUT2D eigenvalue weighted by Gasteiger charge is 2.27. The number of hydrogen-bond acceptors (Lipinski definition) is 3. The van der Waals surface area contributed by atoms with Gasteiger partial charge in [-0.1, -0.05) is 12.1 Å². The van der Waals surface area contributed by atoms with Gasteiger partial charge in [-0.05, 0) is 26.0 Å². The van der Waals surface area contributed by atoms with Crippen molar-refractivity contribution in [2.75, 3.05) is 19.3 Å². The zero-order chi connectivity index (χ0) is 13.8. The largest absolute Gasteiger partial charge is 0.398 e. The second-order valence-corrected chi connectivity index (χ2v) is 4.73. The Morgan fingerprint density at radius 1 is 1.26 bits per heavy atom. The predicted molar refractivity (Wildman–Crippen MR) is 78.3 cm³/mol. The highest BCUT2D eigenvalue weighted by Crippen LogP contribution is 2.15. The third-order valence-corrected chi connectivity index (χ3v) is 2.74. The fourth-order valence-electron chi connectivity index (χ4n) is 1.52. The summed E-state index contributed by atoms with van der Waals surface area (Å²) in [5.41, 5.74) is 5.89. The minimum Gasteiger partial charge on any atom is -0.398 e. The van der Waals surface area contributed by atoms with Crippen LogP contribution in [0.4, 0.5) is 5.69 Å². The number of hydrogen-bond donors (Lipinski definition) is 3. The van der Waals surface area contributed by atoms with E-state index in [9.17, 15) is 9.59 Å². The van der Waals surface area contributed by atoms with Gasteiger partial charge >= 0.3 is 0 Å². The second kappa shape index (κ2) is 6.99. The van der Waals surface area contributed by atoms with Crippen LogP contribution in [0.3, 0.4) is 0 Å². The number of amides is 2. The van der Waals surface area contributed by atoms with E-state index >= 15 is 0 Å². The smallest absolute Gasteiger partial charge is 0.253 e. The number of carbonyl (C=O) groups excluding carboxylic acids is 2. The van der Waals surface area contributed by atoms with Crippen molar-refractivity contribution in [2.45, 2.75) is 13.8 Å². The van der Waals surface area contributed by atoms with Crippen LogP contribution in [-0.2, 0) is 4.79 Å². The van der Waals surface area contributed by atoms with Crippen LogP contribution in [0.1, 0.15) is 24.2 Å². The molecule has 0 radical (unpaired) electrons. The molecule has 19 heavy (non-hydrogen) atoms. The highest BCUT2D eigenvalue weighted by atomic mass is 35.5. The van der Waals surface area contributed by atoms with Crippen LogP contribution in [0.2, 0.25) is 0 Å². The molecule has 5 nitrogen and oxygen atoms in total. The van der Waals surface area contributed by atoms with Crippen molar-refractivity contribution >= 4 is 29.9 Å². The lowest BCUT2D eigenvalue weighted by Gasteiger charge is -2.22. The van der Waals surface area contributed by atoms with Gasteiger partial charge in [-0.15, -0.1) is 12.4 Å². The third kappa shape index (κ3) is 4.44. The molecule has 0 fully saturated rings. The fourth-order valence-corrected chi connectivity index (χ4v) is 1.52. The van der Waals surface area contributed by atoms with Crippen LogP contribution < -0.4 is 16.4 Å². The quantitative estimate of drug-likeness (QED) is 0.727. The van der Waals surface area contributed by atoms with E-state index in [2.05, 4.69) is 10.6 Å². The number of rotatable bonds is 4. The molecule has 1 rings (SSSR count). The molecule has 0 atom stereocenters. The van der Waals surface area contributed by atoms with Gasteiger partial charge in [0.15, 0.2) is 0 Å². The molecule has 0 aromatic heterocycles. The molecule has 106 valence electrons. The summed E-state index contributed by atoms with van der Waals surface area (Å²) >= 11 is 0. The van der Waals surface area contributed by atoms with Crippen molar-refractivity contribution in [3.8, 4) is 0 Å². The SMILES string of the molecule is CNC(=O)C(C)(C)CNC(=O)c1ccccc1N.Cl. The van der Waals surface area contributed by atoms with Crippen molar-refractivity contribution in [3.05, 3.63) is 29.8 Å². The summed E-state index contributed by atoms with van der Waals surface area (Å²) < 4.78 is 0. The number of halogens is 1. The van der Waals surface area contributed by atoms with Crippen LogP contribution in [0, 0.1) is 5.41 Å². The molecule has 2 amide bonds. The van der Waals surface area contributed by atoms with Gasteiger partial charge in [0.25, 0.3) is 5.91 Å². The highest BCUT2D eigenvalue weighted by molar-refractivity contribution is 5.99. The first kappa shape index (κ1) is 17.2. The minimum atomic E-state index is -0.659. The zero-order valence-electron chi connectivity index (χ0n) is 11.3. The van der Waals surface area contributed by atoms with E-state index in [1.54, 1.807) is 45.2 Å². The van der Waals surface area contributed by atoms with Crippen LogP contribution >= 0.6 is 12.4 Å². The maximum absolute atomic E-state index is 11.9. The van der Waals surface area contributed by atoms with Gasteiger partial charge in [-0.25, -0.2) is 0 Å². The van der Waals surface area contributed by atoms with Crippen molar-refractivity contribution in [1.29, 1.82) is 0 Å². The Bertz CT molecular complexity index is 461. The Labute approximate surface area is 119 Å². The number of benzene rings is 1. The molecule has 0 unspecified atom stereocenters. The molecule has 0 aliphatic heterocycles. The standard InChI is InChI=1S/C13H19N3O2.ClH/c1-13(2,12(18)15-3)8-16-11(17)9-6-4-5-7-10(9)14;/h4-7H,8,14H2,1-3H3,(H,15,18)(H,16,17);1H. The molecule has 0 heterocycles. The molecule has 0 saturated carbocycles. The summed E-state index contributed by atoms with van der Waals surface area (Å²) in [6.45, 7) is 3.78. The number of carbonyl (C=O) groups is 2. The summed E-state index contributed by atoms with van der Waals surface area (Å²) in [7, 11) is 1.57. The monoisotopic (exact) mass is 285 g/mol. The number of nitrogens with one attached hydrogen (secondary N) is 2. The maximum atomic E-state index is 11.9. The topological polar surface area (TPSA) is 84.2 Å². The van der Waals surface area contributed by atoms with Crippen LogP contribution in [0.15, 0.2) is 24.3 Å². The van der Waals surface area contributed by atoms with Crippen LogP contribution in [-0.4, -0.2) is 25.4 Å². The average molecular weight is 286 g/mol. The zero-order valence-corrected chi connectivity index (χ0v) is 12.1. The fraction of sp³-hybridized carbons (Fsp3) is 0.385. The Morgan fingerprint density at radius 2 is 1.84 bits per heavy atom. The van der Waals surface area contributed by atoms with Gasteiger partial charge in [0.1, 0.15) is 0 Å². The molecule has 1 aromatic carbocycles. The summed E-state index contributed by atoms with van der Waals surface area (Å²) in [5, 5.41) is 5.28. The molecule has 0 spiro atoms. The van der Waals surface area contributed by atoms with Gasteiger partial charge in [0.05, 0.1) is 11.0 Å². The normalized spacial score (nSPS) is 10.3. The molecular formula is C13H20ClN3O2. The average Bonchev–Trinajstić information content (AvgIpc) is 2.35. The van der Waals surface area contributed by atoms with E-state index < -0.39 is 5.41 Å². The Balaban J connectivity index is 0.00000324. The van der Waals surface area contributed by atoms with E-state index in [0.717, 1.165) is 0 Å². The van der Waals surface area contributed by atoms with E-state index in [1.165, 1.54) is 0 Å². The summed E-state index contributed by atoms with van der Waals surface area (Å²) in [6, 6.07) is 6.83. The second-order valence-electron chi connectivity index (χ2n) is 4.73. The molecule has 0 aliphatic carbocycles. The molecule has 0 aliphatic rings. The Morgan fingerprint density at radius 3 is 2.37 bits per heavy atom. The van der Waals surface area contributed by atoms with E-state index in [-0.39, 0.29) is 30.8 Å². The molecule has 1 aromatic rings. The number of nitrogens with two attached hydrogens (primary N) is 1. The first-order chi connectivity index (χ1) is 8.38. The first-order valence-corrected chi connectivity index (χ1v) is 5.73.